The average Bonchev–Trinajstić information content (AvgIpc) is 3.18. The van der Waals surface area contributed by atoms with Crippen LogP contribution in [0.15, 0.2) is 60.7 Å². The number of nitrogens with zero attached hydrogens (tertiary/aromatic N) is 3. The van der Waals surface area contributed by atoms with E-state index in [0.29, 0.717) is 10.8 Å². The highest BCUT2D eigenvalue weighted by atomic mass is 19.4. The number of aromatic nitrogens is 4. The van der Waals surface area contributed by atoms with Gasteiger partial charge in [0.15, 0.2) is 11.6 Å². The number of H-pyrrole nitrogens is 1. The quantitative estimate of drug-likeness (QED) is 0.310. The zero-order chi connectivity index (χ0) is 22.5. The summed E-state index contributed by atoms with van der Waals surface area (Å²) in [4.78, 5) is 8.51. The predicted molar refractivity (Wildman–Crippen MR) is 111 cm³/mol. The maximum absolute atomic E-state index is 14.0. The van der Waals surface area contributed by atoms with Gasteiger partial charge in [-0.3, -0.25) is 5.10 Å². The lowest BCUT2D eigenvalue weighted by atomic mass is 10.1. The first kappa shape index (κ1) is 19.7. The Labute approximate surface area is 177 Å². The summed E-state index contributed by atoms with van der Waals surface area (Å²) in [6.45, 7) is 0. The summed E-state index contributed by atoms with van der Waals surface area (Å²) < 4.78 is 54.7. The lowest BCUT2D eigenvalue weighted by Crippen LogP contribution is -2.09. The van der Waals surface area contributed by atoms with Gasteiger partial charge in [-0.2, -0.15) is 18.3 Å². The van der Waals surface area contributed by atoms with Crippen LogP contribution in [0.25, 0.3) is 33.2 Å². The van der Waals surface area contributed by atoms with E-state index in [0.717, 1.165) is 6.07 Å². The molecule has 10 heteroatoms. The number of nitrogens with one attached hydrogen (secondary N) is 2. The molecule has 3 aromatic carbocycles. The summed E-state index contributed by atoms with van der Waals surface area (Å²) in [6.07, 6.45) is -4.63. The molecule has 5 rings (SSSR count). The number of hydrogen-bond donors (Lipinski definition) is 3. The van der Waals surface area contributed by atoms with E-state index < -0.39 is 17.6 Å². The van der Waals surface area contributed by atoms with Gasteiger partial charge in [0.25, 0.3) is 0 Å². The SMILES string of the molecule is Oc1cccc2c(Nc3n[nH]c4c(F)cccc34)nc(-c3ccccc3C(F)(F)F)nc12. The third-order valence-corrected chi connectivity index (χ3v) is 4.96. The largest absolute Gasteiger partial charge is 0.506 e. The Morgan fingerprint density at radius 1 is 0.844 bits per heavy atom. The summed E-state index contributed by atoms with van der Waals surface area (Å²) in [5.41, 5.74) is -0.930. The monoisotopic (exact) mass is 439 g/mol. The van der Waals surface area contributed by atoms with Gasteiger partial charge >= 0.3 is 6.18 Å². The van der Waals surface area contributed by atoms with Crippen LogP contribution in [0.2, 0.25) is 0 Å². The minimum atomic E-state index is -4.63. The molecule has 0 unspecified atom stereocenters. The molecule has 0 fully saturated rings. The van der Waals surface area contributed by atoms with Crippen molar-refractivity contribution in [2.45, 2.75) is 6.18 Å². The number of rotatable bonds is 3. The molecule has 2 heterocycles. The molecule has 6 nitrogen and oxygen atoms in total. The Morgan fingerprint density at radius 3 is 2.41 bits per heavy atom. The van der Waals surface area contributed by atoms with Crippen LogP contribution < -0.4 is 5.32 Å². The highest BCUT2D eigenvalue weighted by Gasteiger charge is 2.34. The third-order valence-electron chi connectivity index (χ3n) is 4.96. The zero-order valence-electron chi connectivity index (χ0n) is 16.1. The fourth-order valence-corrected chi connectivity index (χ4v) is 3.49. The number of phenols is 1. The fraction of sp³-hybridized carbons (Fsp3) is 0.0455. The van der Waals surface area contributed by atoms with E-state index in [-0.39, 0.29) is 39.8 Å². The molecule has 0 saturated carbocycles. The second-order valence-corrected chi connectivity index (χ2v) is 6.97. The minimum Gasteiger partial charge on any atom is -0.506 e. The van der Waals surface area contributed by atoms with Gasteiger partial charge in [-0.05, 0) is 30.3 Å². The van der Waals surface area contributed by atoms with Gasteiger partial charge in [0.2, 0.25) is 0 Å². The first-order valence-electron chi connectivity index (χ1n) is 9.39. The van der Waals surface area contributed by atoms with Crippen molar-refractivity contribution in [1.82, 2.24) is 20.2 Å². The molecule has 0 radical (unpaired) electrons. The molecule has 32 heavy (non-hydrogen) atoms. The van der Waals surface area contributed by atoms with Gasteiger partial charge < -0.3 is 10.4 Å². The van der Waals surface area contributed by atoms with Crippen molar-refractivity contribution < 1.29 is 22.7 Å². The van der Waals surface area contributed by atoms with E-state index in [2.05, 4.69) is 25.5 Å². The van der Waals surface area contributed by atoms with Crippen molar-refractivity contribution in [1.29, 1.82) is 0 Å². The smallest absolute Gasteiger partial charge is 0.417 e. The highest BCUT2D eigenvalue weighted by molar-refractivity contribution is 5.98. The third kappa shape index (κ3) is 3.25. The molecule has 0 saturated heterocycles. The summed E-state index contributed by atoms with van der Waals surface area (Å²) in [5.74, 6) is -0.640. The van der Waals surface area contributed by atoms with Gasteiger partial charge in [0, 0.05) is 16.3 Å². The first-order chi connectivity index (χ1) is 15.3. The van der Waals surface area contributed by atoms with Crippen molar-refractivity contribution in [3.63, 3.8) is 0 Å². The Hall–Kier alpha value is -4.21. The number of aromatic hydroxyl groups is 1. The fourth-order valence-electron chi connectivity index (χ4n) is 3.49. The highest BCUT2D eigenvalue weighted by Crippen LogP contribution is 2.38. The molecule has 0 aliphatic rings. The second-order valence-electron chi connectivity index (χ2n) is 6.97. The van der Waals surface area contributed by atoms with Crippen molar-refractivity contribution in [3.8, 4) is 17.1 Å². The maximum atomic E-state index is 14.0. The van der Waals surface area contributed by atoms with E-state index in [4.69, 9.17) is 0 Å². The van der Waals surface area contributed by atoms with Crippen LogP contribution >= 0.6 is 0 Å². The number of alkyl halides is 3. The molecular weight excluding hydrogens is 426 g/mol. The Balaban J connectivity index is 1.73. The number of fused-ring (bicyclic) bond motifs is 2. The van der Waals surface area contributed by atoms with E-state index >= 15 is 0 Å². The van der Waals surface area contributed by atoms with Crippen LogP contribution in [-0.2, 0) is 6.18 Å². The van der Waals surface area contributed by atoms with E-state index in [1.54, 1.807) is 18.2 Å². The standard InChI is InChI=1S/C22H13F4N5O/c23-15-9-3-6-12-17(15)30-31-21(12)29-20-13-7-4-10-16(32)18(13)27-19(28-20)11-5-1-2-8-14(11)22(24,25)26/h1-10,32H,(H2,27,28,29,30,31). The van der Waals surface area contributed by atoms with Gasteiger partial charge in [-0.25, -0.2) is 14.4 Å². The predicted octanol–water partition coefficient (Wildman–Crippen LogP) is 5.78. The summed E-state index contributed by atoms with van der Waals surface area (Å²) in [7, 11) is 0. The van der Waals surface area contributed by atoms with E-state index in [1.807, 2.05) is 0 Å². The summed E-state index contributed by atoms with van der Waals surface area (Å²) in [6, 6.07) is 13.8. The van der Waals surface area contributed by atoms with Crippen LogP contribution in [0.4, 0.5) is 29.2 Å². The molecule has 2 aromatic heterocycles. The molecule has 0 aliphatic heterocycles. The van der Waals surface area contributed by atoms with Crippen LogP contribution in [0.1, 0.15) is 5.56 Å². The van der Waals surface area contributed by atoms with Crippen molar-refractivity contribution in [2.24, 2.45) is 0 Å². The molecule has 5 aromatic rings. The molecule has 0 amide bonds. The molecule has 0 aliphatic carbocycles. The Kier molecular flexibility index (Phi) is 4.43. The zero-order valence-corrected chi connectivity index (χ0v) is 16.1. The number of para-hydroxylation sites is 2. The molecule has 0 spiro atoms. The summed E-state index contributed by atoms with van der Waals surface area (Å²) in [5, 5.41) is 20.7. The van der Waals surface area contributed by atoms with Gasteiger partial charge in [-0.1, -0.05) is 30.3 Å². The van der Waals surface area contributed by atoms with Gasteiger partial charge in [0.05, 0.1) is 5.56 Å². The van der Waals surface area contributed by atoms with Crippen molar-refractivity contribution in [2.75, 3.05) is 5.32 Å². The number of phenolic OH excluding ortho intramolecular Hbond substituents is 1. The lowest BCUT2D eigenvalue weighted by molar-refractivity contribution is -0.137. The Morgan fingerprint density at radius 2 is 1.59 bits per heavy atom. The number of hydrogen-bond acceptors (Lipinski definition) is 5. The maximum Gasteiger partial charge on any atom is 0.417 e. The van der Waals surface area contributed by atoms with Crippen molar-refractivity contribution >= 4 is 33.4 Å². The van der Waals surface area contributed by atoms with Crippen LogP contribution in [-0.4, -0.2) is 25.3 Å². The number of anilines is 2. The minimum absolute atomic E-state index is 0.0583. The van der Waals surface area contributed by atoms with Crippen LogP contribution in [0, 0.1) is 5.82 Å². The molecule has 0 bridgehead atoms. The molecule has 3 N–H and O–H groups in total. The number of aromatic amines is 1. The lowest BCUT2D eigenvalue weighted by Gasteiger charge is -2.14. The molecule has 160 valence electrons. The van der Waals surface area contributed by atoms with Gasteiger partial charge in [-0.15, -0.1) is 0 Å². The molecular formula is C22H13F4N5O. The second kappa shape index (κ2) is 7.19. The Bertz CT molecular complexity index is 1480. The first-order valence-corrected chi connectivity index (χ1v) is 9.39. The average molecular weight is 439 g/mol. The normalized spacial score (nSPS) is 11.9. The topological polar surface area (TPSA) is 86.7 Å². The van der Waals surface area contributed by atoms with E-state index in [9.17, 15) is 22.7 Å². The van der Waals surface area contributed by atoms with E-state index in [1.165, 1.54) is 36.4 Å². The van der Waals surface area contributed by atoms with Crippen LogP contribution in [0.3, 0.4) is 0 Å². The number of halogens is 4. The molecule has 0 atom stereocenters. The van der Waals surface area contributed by atoms with Crippen LogP contribution in [0.5, 0.6) is 5.75 Å². The summed E-state index contributed by atoms with van der Waals surface area (Å²) >= 11 is 0. The van der Waals surface area contributed by atoms with Crippen molar-refractivity contribution in [3.05, 3.63) is 72.0 Å². The van der Waals surface area contributed by atoms with Gasteiger partial charge in [0.1, 0.15) is 28.4 Å². The number of benzene rings is 3.